The van der Waals surface area contributed by atoms with E-state index in [0.717, 1.165) is 5.56 Å². The second-order valence-corrected chi connectivity index (χ2v) is 6.18. The summed E-state index contributed by atoms with van der Waals surface area (Å²) in [7, 11) is 0. The maximum Gasteiger partial charge on any atom is 0.224 e. The standard InChI is InChI=1S/C14H20Cl2N2O.ClH/c1-9(7-17)13(19)18-8-14(2,3)10-4-5-11(15)12(16)6-10;/h4-6,9H,7-8,17H2,1-3H3,(H,18,19);1H. The van der Waals surface area contributed by atoms with Gasteiger partial charge in [-0.1, -0.05) is 50.0 Å². The first-order valence-electron chi connectivity index (χ1n) is 6.21. The molecular formula is C14H21Cl3N2O. The summed E-state index contributed by atoms with van der Waals surface area (Å²) in [6.45, 7) is 6.76. The molecule has 0 radical (unpaired) electrons. The van der Waals surface area contributed by atoms with Crippen LogP contribution in [-0.4, -0.2) is 19.0 Å². The van der Waals surface area contributed by atoms with Gasteiger partial charge in [-0.05, 0) is 17.7 Å². The van der Waals surface area contributed by atoms with Gasteiger partial charge in [0.05, 0.1) is 10.0 Å². The van der Waals surface area contributed by atoms with Crippen molar-refractivity contribution >= 4 is 41.5 Å². The maximum absolute atomic E-state index is 11.7. The van der Waals surface area contributed by atoms with Gasteiger partial charge in [0.15, 0.2) is 0 Å². The number of amides is 1. The van der Waals surface area contributed by atoms with Gasteiger partial charge in [0.2, 0.25) is 5.91 Å². The van der Waals surface area contributed by atoms with Crippen molar-refractivity contribution in [3.05, 3.63) is 33.8 Å². The van der Waals surface area contributed by atoms with Crippen molar-refractivity contribution in [1.29, 1.82) is 0 Å². The molecule has 0 saturated heterocycles. The highest BCUT2D eigenvalue weighted by Gasteiger charge is 2.23. The topological polar surface area (TPSA) is 55.1 Å². The van der Waals surface area contributed by atoms with E-state index in [0.29, 0.717) is 23.1 Å². The Labute approximate surface area is 136 Å². The van der Waals surface area contributed by atoms with Crippen LogP contribution in [0.2, 0.25) is 10.0 Å². The summed E-state index contributed by atoms with van der Waals surface area (Å²) in [6.07, 6.45) is 0. The quantitative estimate of drug-likeness (QED) is 0.864. The molecule has 0 heterocycles. The molecule has 0 saturated carbocycles. The summed E-state index contributed by atoms with van der Waals surface area (Å²) in [5.41, 5.74) is 6.27. The van der Waals surface area contributed by atoms with Crippen molar-refractivity contribution in [3.8, 4) is 0 Å². The molecule has 1 aromatic carbocycles. The highest BCUT2D eigenvalue weighted by molar-refractivity contribution is 6.42. The molecule has 0 bridgehead atoms. The van der Waals surface area contributed by atoms with Gasteiger partial charge in [-0.3, -0.25) is 4.79 Å². The molecular weight excluding hydrogens is 319 g/mol. The Balaban J connectivity index is 0.00000361. The van der Waals surface area contributed by atoms with Crippen LogP contribution < -0.4 is 11.1 Å². The lowest BCUT2D eigenvalue weighted by atomic mass is 9.84. The van der Waals surface area contributed by atoms with Crippen LogP contribution in [0.4, 0.5) is 0 Å². The minimum absolute atomic E-state index is 0. The van der Waals surface area contributed by atoms with E-state index in [1.807, 2.05) is 32.9 Å². The van der Waals surface area contributed by atoms with Crippen LogP contribution in [0.15, 0.2) is 18.2 Å². The molecule has 1 unspecified atom stereocenters. The zero-order chi connectivity index (χ0) is 14.6. The molecule has 6 heteroatoms. The van der Waals surface area contributed by atoms with Gasteiger partial charge < -0.3 is 11.1 Å². The Morgan fingerprint density at radius 1 is 1.35 bits per heavy atom. The molecule has 0 aliphatic carbocycles. The van der Waals surface area contributed by atoms with E-state index < -0.39 is 0 Å². The molecule has 1 atom stereocenters. The summed E-state index contributed by atoms with van der Waals surface area (Å²) < 4.78 is 0. The van der Waals surface area contributed by atoms with Gasteiger partial charge in [0.25, 0.3) is 0 Å². The van der Waals surface area contributed by atoms with Crippen LogP contribution in [0.3, 0.4) is 0 Å². The predicted molar refractivity (Wildman–Crippen MR) is 88.0 cm³/mol. The highest BCUT2D eigenvalue weighted by atomic mass is 35.5. The van der Waals surface area contributed by atoms with Crippen LogP contribution in [-0.2, 0) is 10.2 Å². The molecule has 3 nitrogen and oxygen atoms in total. The van der Waals surface area contributed by atoms with E-state index in [4.69, 9.17) is 28.9 Å². The van der Waals surface area contributed by atoms with Crippen LogP contribution in [0.25, 0.3) is 0 Å². The Morgan fingerprint density at radius 2 is 1.95 bits per heavy atom. The number of nitrogens with one attached hydrogen (secondary N) is 1. The van der Waals surface area contributed by atoms with E-state index in [9.17, 15) is 4.79 Å². The third kappa shape index (κ3) is 5.13. The molecule has 1 amide bonds. The Morgan fingerprint density at radius 3 is 2.45 bits per heavy atom. The second-order valence-electron chi connectivity index (χ2n) is 5.37. The first-order chi connectivity index (χ1) is 8.77. The lowest BCUT2D eigenvalue weighted by Gasteiger charge is -2.26. The molecule has 0 aliphatic rings. The molecule has 1 aromatic rings. The van der Waals surface area contributed by atoms with Crippen molar-refractivity contribution < 1.29 is 4.79 Å². The first-order valence-corrected chi connectivity index (χ1v) is 6.97. The first kappa shape index (κ1) is 19.5. The van der Waals surface area contributed by atoms with Crippen LogP contribution in [0, 0.1) is 5.92 Å². The predicted octanol–water partition coefficient (Wildman–Crippen LogP) is 3.40. The SMILES string of the molecule is CC(CN)C(=O)NCC(C)(C)c1ccc(Cl)c(Cl)c1.Cl. The number of hydrogen-bond donors (Lipinski definition) is 2. The number of carbonyl (C=O) groups excluding carboxylic acids is 1. The van der Waals surface area contributed by atoms with Gasteiger partial charge >= 0.3 is 0 Å². The third-order valence-electron chi connectivity index (χ3n) is 3.21. The molecule has 114 valence electrons. The summed E-state index contributed by atoms with van der Waals surface area (Å²) in [5, 5.41) is 3.96. The fraction of sp³-hybridized carbons (Fsp3) is 0.500. The zero-order valence-electron chi connectivity index (χ0n) is 11.9. The monoisotopic (exact) mass is 338 g/mol. The largest absolute Gasteiger partial charge is 0.355 e. The van der Waals surface area contributed by atoms with Gasteiger partial charge in [-0.25, -0.2) is 0 Å². The zero-order valence-corrected chi connectivity index (χ0v) is 14.2. The lowest BCUT2D eigenvalue weighted by molar-refractivity contribution is -0.124. The van der Waals surface area contributed by atoms with Crippen LogP contribution >= 0.6 is 35.6 Å². The van der Waals surface area contributed by atoms with Crippen LogP contribution in [0.5, 0.6) is 0 Å². The smallest absolute Gasteiger partial charge is 0.224 e. The summed E-state index contributed by atoms with van der Waals surface area (Å²) in [4.78, 5) is 11.7. The average Bonchev–Trinajstić information content (AvgIpc) is 2.38. The average molecular weight is 340 g/mol. The van der Waals surface area contributed by atoms with Crippen molar-refractivity contribution in [1.82, 2.24) is 5.32 Å². The summed E-state index contributed by atoms with van der Waals surface area (Å²) in [5.74, 6) is -0.208. The van der Waals surface area contributed by atoms with Gasteiger partial charge in [0, 0.05) is 24.4 Å². The van der Waals surface area contributed by atoms with E-state index in [2.05, 4.69) is 5.32 Å². The number of nitrogens with two attached hydrogens (primary N) is 1. The van der Waals surface area contributed by atoms with E-state index in [-0.39, 0.29) is 29.6 Å². The van der Waals surface area contributed by atoms with Crippen molar-refractivity contribution in [3.63, 3.8) is 0 Å². The molecule has 1 rings (SSSR count). The fourth-order valence-corrected chi connectivity index (χ4v) is 1.91. The Kier molecular flexibility index (Phi) is 7.89. The number of halogens is 3. The maximum atomic E-state index is 11.7. The van der Waals surface area contributed by atoms with Crippen molar-refractivity contribution in [2.75, 3.05) is 13.1 Å². The van der Waals surface area contributed by atoms with Gasteiger partial charge in [0.1, 0.15) is 0 Å². The number of benzene rings is 1. The number of carbonyl (C=O) groups is 1. The molecule has 0 aromatic heterocycles. The van der Waals surface area contributed by atoms with E-state index in [1.54, 1.807) is 6.07 Å². The van der Waals surface area contributed by atoms with Crippen molar-refractivity contribution in [2.45, 2.75) is 26.2 Å². The summed E-state index contributed by atoms with van der Waals surface area (Å²) in [6, 6.07) is 5.53. The van der Waals surface area contributed by atoms with Crippen molar-refractivity contribution in [2.24, 2.45) is 11.7 Å². The van der Waals surface area contributed by atoms with E-state index >= 15 is 0 Å². The minimum atomic E-state index is -0.224. The molecule has 0 spiro atoms. The normalized spacial score (nSPS) is 12.5. The number of rotatable bonds is 5. The molecule has 0 fully saturated rings. The van der Waals surface area contributed by atoms with Gasteiger partial charge in [-0.15, -0.1) is 12.4 Å². The second kappa shape index (κ2) is 8.08. The highest BCUT2D eigenvalue weighted by Crippen LogP contribution is 2.29. The summed E-state index contributed by atoms with van der Waals surface area (Å²) >= 11 is 11.9. The Hall–Kier alpha value is -0.480. The fourth-order valence-electron chi connectivity index (χ4n) is 1.61. The Bertz CT molecular complexity index is 464. The number of hydrogen-bond acceptors (Lipinski definition) is 2. The minimum Gasteiger partial charge on any atom is -0.355 e. The lowest BCUT2D eigenvalue weighted by Crippen LogP contribution is -2.40. The van der Waals surface area contributed by atoms with E-state index in [1.165, 1.54) is 0 Å². The molecule has 20 heavy (non-hydrogen) atoms. The molecule has 3 N–H and O–H groups in total. The van der Waals surface area contributed by atoms with Crippen LogP contribution in [0.1, 0.15) is 26.3 Å². The molecule has 0 aliphatic heterocycles. The van der Waals surface area contributed by atoms with Gasteiger partial charge in [-0.2, -0.15) is 0 Å². The third-order valence-corrected chi connectivity index (χ3v) is 3.95.